The van der Waals surface area contributed by atoms with Gasteiger partial charge >= 0.3 is 12.2 Å². The molecule has 0 saturated heterocycles. The molecular formula is C23H18Cl4F6N2O2. The topological polar surface area (TPSA) is 49.4 Å². The monoisotopic (exact) mass is 608 g/mol. The van der Waals surface area contributed by atoms with Crippen LogP contribution >= 0.6 is 46.4 Å². The maximum atomic E-state index is 15.0. The number of urea groups is 1. The Morgan fingerprint density at radius 3 is 2.05 bits per heavy atom. The third-order valence-corrected chi connectivity index (χ3v) is 6.45. The summed E-state index contributed by atoms with van der Waals surface area (Å²) in [6.07, 6.45) is -3.99. The van der Waals surface area contributed by atoms with E-state index in [4.69, 9.17) is 46.4 Å². The van der Waals surface area contributed by atoms with E-state index >= 15 is 4.39 Å². The number of carbonyl (C=O) groups excluding carboxylic acids is 2. The van der Waals surface area contributed by atoms with Crippen LogP contribution in [0.4, 0.5) is 31.1 Å². The van der Waals surface area contributed by atoms with Crippen LogP contribution in [-0.4, -0.2) is 49.0 Å². The maximum absolute atomic E-state index is 15.0. The van der Waals surface area contributed by atoms with Gasteiger partial charge in [-0.25, -0.2) is 18.0 Å². The highest BCUT2D eigenvalue weighted by atomic mass is 35.5. The minimum atomic E-state index is -4.63. The number of Topliss-reactive ketones (excluding diaryl/α,β-unsaturated/α-hetero) is 1. The second-order valence-corrected chi connectivity index (χ2v) is 9.59. The number of halogens is 10. The van der Waals surface area contributed by atoms with Crippen LogP contribution in [0.2, 0.25) is 20.1 Å². The molecule has 0 bridgehead atoms. The van der Waals surface area contributed by atoms with Crippen LogP contribution in [0.3, 0.4) is 0 Å². The Kier molecular flexibility index (Phi) is 10.2. The van der Waals surface area contributed by atoms with Crippen LogP contribution < -0.4 is 5.32 Å². The summed E-state index contributed by atoms with van der Waals surface area (Å²) in [6.45, 7) is -1.64. The molecular weight excluding hydrogens is 592 g/mol. The van der Waals surface area contributed by atoms with Gasteiger partial charge in [0.2, 0.25) is 0 Å². The molecule has 0 aliphatic carbocycles. The van der Waals surface area contributed by atoms with Crippen molar-refractivity contribution in [3.05, 3.63) is 73.2 Å². The molecule has 0 radical (unpaired) electrons. The number of rotatable bonds is 8. The zero-order chi connectivity index (χ0) is 28.3. The minimum Gasteiger partial charge on any atom is -0.329 e. The molecule has 0 fully saturated rings. The molecule has 4 nitrogen and oxygen atoms in total. The number of nitrogens with zero attached hydrogens (tertiary/aromatic N) is 1. The maximum Gasteiger partial charge on any atom is 0.405 e. The van der Waals surface area contributed by atoms with Crippen molar-refractivity contribution in [2.45, 2.75) is 24.9 Å². The lowest BCUT2D eigenvalue weighted by molar-refractivity contribution is -0.123. The molecule has 2 amide bonds. The molecule has 1 unspecified atom stereocenters. The summed E-state index contributed by atoms with van der Waals surface area (Å²) in [4.78, 5) is 24.9. The van der Waals surface area contributed by atoms with E-state index in [9.17, 15) is 31.5 Å². The van der Waals surface area contributed by atoms with Gasteiger partial charge in [0, 0.05) is 25.1 Å². The van der Waals surface area contributed by atoms with Crippen molar-refractivity contribution in [1.82, 2.24) is 10.2 Å². The van der Waals surface area contributed by atoms with E-state index in [2.05, 4.69) is 0 Å². The summed E-state index contributed by atoms with van der Waals surface area (Å²) in [5, 5.41) is 1.08. The fourth-order valence-electron chi connectivity index (χ4n) is 3.11. The fraction of sp³-hybridized carbons (Fsp3) is 0.304. The molecule has 2 aromatic carbocycles. The molecule has 37 heavy (non-hydrogen) atoms. The van der Waals surface area contributed by atoms with E-state index in [0.29, 0.717) is 17.9 Å². The van der Waals surface area contributed by atoms with Gasteiger partial charge in [0.1, 0.15) is 12.4 Å². The van der Waals surface area contributed by atoms with Gasteiger partial charge in [-0.05, 0) is 35.9 Å². The average Bonchev–Trinajstić information content (AvgIpc) is 2.77. The third-order valence-electron chi connectivity index (χ3n) is 4.94. The van der Waals surface area contributed by atoms with Crippen molar-refractivity contribution in [2.75, 3.05) is 20.1 Å². The Morgan fingerprint density at radius 2 is 1.57 bits per heavy atom. The van der Waals surface area contributed by atoms with E-state index in [1.807, 2.05) is 0 Å². The van der Waals surface area contributed by atoms with Crippen molar-refractivity contribution in [3.8, 4) is 0 Å². The summed E-state index contributed by atoms with van der Waals surface area (Å²) in [5.74, 6) is -7.11. The van der Waals surface area contributed by atoms with Gasteiger partial charge in [0.25, 0.3) is 5.92 Å². The van der Waals surface area contributed by atoms with Crippen molar-refractivity contribution in [3.63, 3.8) is 0 Å². The number of nitrogens with one attached hydrogen (secondary N) is 1. The van der Waals surface area contributed by atoms with Gasteiger partial charge in [-0.2, -0.15) is 13.2 Å². The number of hydrogen-bond donors (Lipinski definition) is 1. The van der Waals surface area contributed by atoms with Gasteiger partial charge in [0.15, 0.2) is 5.78 Å². The van der Waals surface area contributed by atoms with Gasteiger partial charge in [-0.15, -0.1) is 0 Å². The van der Waals surface area contributed by atoms with E-state index in [1.54, 1.807) is 5.32 Å². The molecule has 14 heteroatoms. The van der Waals surface area contributed by atoms with Crippen LogP contribution in [0.5, 0.6) is 0 Å². The molecule has 1 atom stereocenters. The Morgan fingerprint density at radius 1 is 1.00 bits per heavy atom. The highest BCUT2D eigenvalue weighted by Crippen LogP contribution is 2.41. The van der Waals surface area contributed by atoms with Crippen LogP contribution in [0.15, 0.2) is 36.4 Å². The summed E-state index contributed by atoms with van der Waals surface area (Å²) in [6, 6.07) is 4.33. The van der Waals surface area contributed by atoms with Crippen LogP contribution in [0, 0.1) is 0 Å². The molecule has 0 aliphatic heterocycles. The number of alkyl halides is 5. The lowest BCUT2D eigenvalue weighted by atomic mass is 9.92. The lowest BCUT2D eigenvalue weighted by Crippen LogP contribution is -2.43. The molecule has 1 N–H and O–H groups in total. The SMILES string of the molecule is CN(CC(=O)c1ccc(/C(F)=C/C(c2cc(Cl)c(Cl)c(Cl)c2)C(C)(F)F)cc1Cl)C(=O)NCC(F)(F)F. The summed E-state index contributed by atoms with van der Waals surface area (Å²) in [7, 11) is 1.09. The fourth-order valence-corrected chi connectivity index (χ4v) is 4.00. The average molecular weight is 610 g/mol. The van der Waals surface area contributed by atoms with Crippen molar-refractivity contribution in [2.24, 2.45) is 0 Å². The Labute approximate surface area is 228 Å². The second kappa shape index (κ2) is 12.1. The molecule has 2 aromatic rings. The van der Waals surface area contributed by atoms with Gasteiger partial charge < -0.3 is 10.2 Å². The Bertz CT molecular complexity index is 1190. The number of amides is 2. The Balaban J connectivity index is 2.27. The smallest absolute Gasteiger partial charge is 0.329 e. The van der Waals surface area contributed by atoms with Crippen molar-refractivity contribution >= 4 is 64.0 Å². The molecule has 0 aromatic heterocycles. The summed E-state index contributed by atoms with van der Waals surface area (Å²) in [5.41, 5.74) is -0.507. The summed E-state index contributed by atoms with van der Waals surface area (Å²) >= 11 is 23.8. The van der Waals surface area contributed by atoms with Gasteiger partial charge in [0.05, 0.1) is 32.6 Å². The van der Waals surface area contributed by atoms with Crippen LogP contribution in [-0.2, 0) is 0 Å². The highest BCUT2D eigenvalue weighted by molar-refractivity contribution is 6.48. The van der Waals surface area contributed by atoms with E-state index in [0.717, 1.165) is 37.4 Å². The minimum absolute atomic E-state index is 0.0507. The summed E-state index contributed by atoms with van der Waals surface area (Å²) < 4.78 is 80.5. The first-order valence-corrected chi connectivity index (χ1v) is 11.7. The predicted octanol–water partition coefficient (Wildman–Crippen LogP) is 8.44. The van der Waals surface area contributed by atoms with E-state index in [1.165, 1.54) is 0 Å². The molecule has 0 heterocycles. The van der Waals surface area contributed by atoms with Gasteiger partial charge in [-0.3, -0.25) is 4.79 Å². The van der Waals surface area contributed by atoms with Crippen molar-refractivity contribution < 1.29 is 35.9 Å². The Hall–Kier alpha value is -2.14. The molecule has 0 aliphatic rings. The number of allylic oxidation sites excluding steroid dienone is 1. The first-order valence-electron chi connectivity index (χ1n) is 10.2. The first-order chi connectivity index (χ1) is 16.9. The normalized spacial score (nSPS) is 13.4. The van der Waals surface area contributed by atoms with E-state index in [-0.39, 0.29) is 36.8 Å². The standard InChI is InChI=1S/C23H18Cl4F6N2O2/c1-22(29,30)14(12-6-16(25)20(27)17(26)7-12)8-18(28)11-3-4-13(15(24)5-11)19(36)9-35(2)21(37)34-10-23(31,32)33/h3-8,14H,9-10H2,1-2H3,(H,34,37)/b18-8-. The number of likely N-dealkylation sites (N-methyl/N-ethyl adjacent to an activating group) is 1. The van der Waals surface area contributed by atoms with Crippen LogP contribution in [0.1, 0.15) is 34.3 Å². The number of hydrogen-bond acceptors (Lipinski definition) is 2. The number of benzene rings is 2. The predicted molar refractivity (Wildman–Crippen MR) is 132 cm³/mol. The molecule has 202 valence electrons. The first kappa shape index (κ1) is 31.1. The molecule has 0 saturated carbocycles. The quantitative estimate of drug-likeness (QED) is 0.185. The lowest BCUT2D eigenvalue weighted by Gasteiger charge is -2.22. The second-order valence-electron chi connectivity index (χ2n) is 7.99. The van der Waals surface area contributed by atoms with Gasteiger partial charge in [-0.1, -0.05) is 52.5 Å². The highest BCUT2D eigenvalue weighted by Gasteiger charge is 2.35. The zero-order valence-corrected chi connectivity index (χ0v) is 22.0. The zero-order valence-electron chi connectivity index (χ0n) is 19.0. The number of carbonyl (C=O) groups is 2. The van der Waals surface area contributed by atoms with Crippen molar-refractivity contribution in [1.29, 1.82) is 0 Å². The third kappa shape index (κ3) is 8.70. The molecule has 0 spiro atoms. The van der Waals surface area contributed by atoms with E-state index < -0.39 is 48.7 Å². The largest absolute Gasteiger partial charge is 0.405 e. The molecule has 2 rings (SSSR count). The number of ketones is 1. The van der Waals surface area contributed by atoms with Crippen LogP contribution in [0.25, 0.3) is 5.83 Å².